The van der Waals surface area contributed by atoms with Gasteiger partial charge in [0.05, 0.1) is 26.9 Å². The molecule has 11 heteroatoms. The zero-order valence-electron chi connectivity index (χ0n) is 13.8. The Bertz CT molecular complexity index is 451. The van der Waals surface area contributed by atoms with Gasteiger partial charge in [0.2, 0.25) is 6.33 Å². The second-order valence-corrected chi connectivity index (χ2v) is 4.69. The monoisotopic (exact) mass is 358 g/mol. The molecule has 1 rings (SSSR count). The summed E-state index contributed by atoms with van der Waals surface area (Å²) in [7, 11) is -4.10. The lowest BCUT2D eigenvalue weighted by Crippen LogP contribution is -2.24. The highest BCUT2D eigenvalue weighted by molar-refractivity contribution is 6.50. The minimum Gasteiger partial charge on any atom is -0.460 e. The second kappa shape index (κ2) is 12.8. The summed E-state index contributed by atoms with van der Waals surface area (Å²) < 4.78 is 58.2. The maximum Gasteiger partial charge on any atom is 0.673 e. The van der Waals surface area contributed by atoms with E-state index in [0.717, 1.165) is 13.0 Å². The molecule has 1 aromatic rings. The highest BCUT2D eigenvalue weighted by Gasteiger charge is 2.20. The average Bonchev–Trinajstić information content (AvgIpc) is 2.85. The number of rotatable bonds is 10. The number of ether oxygens (including phenoxy) is 3. The molecule has 0 amide bonds. The highest BCUT2D eigenvalue weighted by Crippen LogP contribution is 2.06. The van der Waals surface area contributed by atoms with Gasteiger partial charge in [-0.25, -0.2) is 13.9 Å². The van der Waals surface area contributed by atoms with Crippen LogP contribution in [-0.4, -0.2) is 50.8 Å². The van der Waals surface area contributed by atoms with E-state index in [0.29, 0.717) is 19.8 Å². The molecule has 0 aromatic carbocycles. The maximum atomic E-state index is 11.5. The van der Waals surface area contributed by atoms with Crippen LogP contribution in [0, 0.1) is 0 Å². The number of esters is 1. The first-order valence-corrected chi connectivity index (χ1v) is 7.41. The smallest absolute Gasteiger partial charge is 0.460 e. The van der Waals surface area contributed by atoms with E-state index in [2.05, 4.69) is 6.92 Å². The van der Waals surface area contributed by atoms with Crippen LogP contribution in [-0.2, 0) is 32.6 Å². The molecule has 0 saturated heterocycles. The predicted octanol–water partition coefficient (Wildman–Crippen LogP) is 1.60. The third kappa shape index (κ3) is 16.8. The number of carbonyl (C=O) groups is 1. The Morgan fingerprint density at radius 2 is 1.62 bits per heavy atom. The molecule has 6 nitrogen and oxygen atoms in total. The van der Waals surface area contributed by atoms with Gasteiger partial charge in [0, 0.05) is 6.61 Å². The number of carbonyl (C=O) groups excluding carboxylic acids is 1. The van der Waals surface area contributed by atoms with Crippen LogP contribution in [0.3, 0.4) is 0 Å². The van der Waals surface area contributed by atoms with Crippen molar-refractivity contribution in [3.63, 3.8) is 0 Å². The summed E-state index contributed by atoms with van der Waals surface area (Å²) in [6, 6.07) is 0. The third-order valence-corrected chi connectivity index (χ3v) is 2.35. The van der Waals surface area contributed by atoms with Crippen LogP contribution >= 0.6 is 0 Å². The number of imidazole rings is 1. The summed E-state index contributed by atoms with van der Waals surface area (Å²) in [6.45, 7) is 4.84. The van der Waals surface area contributed by atoms with E-state index in [9.17, 15) is 22.1 Å². The standard InChI is InChI=1S/C13H23N2O4.BF4/c1-3-6-17-7-8-18-9-10-19-13(16)11-15-5-4-14(2)12-15;2-1(3,4)5/h4-5,12H,3,6-11H2,1-2H3;/q+1;-1. The Kier molecular flexibility index (Phi) is 11.9. The Morgan fingerprint density at radius 1 is 1.08 bits per heavy atom. The van der Waals surface area contributed by atoms with E-state index in [1.165, 1.54) is 0 Å². The van der Waals surface area contributed by atoms with E-state index in [1.807, 2.05) is 30.3 Å². The summed E-state index contributed by atoms with van der Waals surface area (Å²) >= 11 is 0. The largest absolute Gasteiger partial charge is 0.673 e. The van der Waals surface area contributed by atoms with Crippen LogP contribution in [0.2, 0.25) is 0 Å². The van der Waals surface area contributed by atoms with Crippen molar-refractivity contribution in [2.45, 2.75) is 19.9 Å². The first kappa shape index (κ1) is 22.4. The fraction of sp³-hybridized carbons (Fsp3) is 0.692. The summed E-state index contributed by atoms with van der Waals surface area (Å²) in [5, 5.41) is 0. The van der Waals surface area contributed by atoms with Gasteiger partial charge in [-0.15, -0.1) is 0 Å². The zero-order chi connectivity index (χ0) is 18.4. The van der Waals surface area contributed by atoms with Gasteiger partial charge in [-0.1, -0.05) is 6.92 Å². The van der Waals surface area contributed by atoms with Crippen molar-refractivity contribution in [3.05, 3.63) is 18.7 Å². The summed E-state index contributed by atoms with van der Waals surface area (Å²) in [5.74, 6) is -0.262. The van der Waals surface area contributed by atoms with Gasteiger partial charge in [-0.05, 0) is 6.42 Å². The van der Waals surface area contributed by atoms with Gasteiger partial charge >= 0.3 is 13.2 Å². The van der Waals surface area contributed by atoms with Gasteiger partial charge in [0.1, 0.15) is 19.0 Å². The molecule has 0 N–H and O–H groups in total. The van der Waals surface area contributed by atoms with Crippen molar-refractivity contribution in [1.29, 1.82) is 0 Å². The molecule has 0 aliphatic carbocycles. The van der Waals surface area contributed by atoms with Crippen LogP contribution in [0.5, 0.6) is 0 Å². The first-order chi connectivity index (χ1) is 11.2. The van der Waals surface area contributed by atoms with Gasteiger partial charge in [0.15, 0.2) is 6.54 Å². The van der Waals surface area contributed by atoms with Crippen LogP contribution in [0.4, 0.5) is 17.3 Å². The van der Waals surface area contributed by atoms with Crippen LogP contribution in [0.1, 0.15) is 13.3 Å². The molecular weight excluding hydrogens is 335 g/mol. The molecular formula is C13H23BF4N2O4. The van der Waals surface area contributed by atoms with Gasteiger partial charge in [-0.3, -0.25) is 0 Å². The van der Waals surface area contributed by atoms with E-state index >= 15 is 0 Å². The highest BCUT2D eigenvalue weighted by atomic mass is 19.5. The SMILES string of the molecule is CCCOCCOCCOC(=O)Cn1cc[n+](C)c1.F[B-](F)(F)F. The van der Waals surface area contributed by atoms with Gasteiger partial charge in [0.25, 0.3) is 0 Å². The Morgan fingerprint density at radius 3 is 2.12 bits per heavy atom. The Balaban J connectivity index is 0.000000922. The van der Waals surface area contributed by atoms with Crippen molar-refractivity contribution in [1.82, 2.24) is 4.57 Å². The molecule has 0 bridgehead atoms. The topological polar surface area (TPSA) is 53.6 Å². The Hall–Kier alpha value is -1.62. The lowest BCUT2D eigenvalue weighted by molar-refractivity contribution is -0.671. The van der Waals surface area contributed by atoms with Crippen molar-refractivity contribution < 1.29 is 40.8 Å². The molecule has 0 aliphatic heterocycles. The summed E-state index contributed by atoms with van der Waals surface area (Å²) in [4.78, 5) is 11.5. The van der Waals surface area contributed by atoms with Crippen molar-refractivity contribution in [3.8, 4) is 0 Å². The lowest BCUT2D eigenvalue weighted by atomic mass is 10.3. The van der Waals surface area contributed by atoms with E-state index in [1.54, 1.807) is 4.57 Å². The summed E-state index contributed by atoms with van der Waals surface area (Å²) in [6.07, 6.45) is 6.52. The average molecular weight is 358 g/mol. The first-order valence-electron chi connectivity index (χ1n) is 7.41. The molecule has 0 spiro atoms. The van der Waals surface area contributed by atoms with E-state index < -0.39 is 7.25 Å². The number of hydrogen-bond donors (Lipinski definition) is 0. The number of hydrogen-bond acceptors (Lipinski definition) is 4. The molecule has 0 saturated carbocycles. The van der Waals surface area contributed by atoms with Crippen LogP contribution in [0.15, 0.2) is 18.7 Å². The summed E-state index contributed by atoms with van der Waals surface area (Å²) in [5.41, 5.74) is 0. The molecule has 0 fully saturated rings. The number of halogens is 4. The molecule has 1 aromatic heterocycles. The zero-order valence-corrected chi connectivity index (χ0v) is 13.8. The van der Waals surface area contributed by atoms with Gasteiger partial charge < -0.3 is 31.5 Å². The molecule has 24 heavy (non-hydrogen) atoms. The molecule has 0 radical (unpaired) electrons. The third-order valence-electron chi connectivity index (χ3n) is 2.35. The fourth-order valence-electron chi connectivity index (χ4n) is 1.47. The van der Waals surface area contributed by atoms with Crippen LogP contribution < -0.4 is 4.57 Å². The lowest BCUT2D eigenvalue weighted by Gasteiger charge is -2.05. The minimum absolute atomic E-state index is 0.223. The van der Waals surface area contributed by atoms with Crippen molar-refractivity contribution >= 4 is 13.2 Å². The minimum atomic E-state index is -6.00. The molecule has 0 atom stereocenters. The normalized spacial score (nSPS) is 10.9. The number of aromatic nitrogens is 2. The number of nitrogens with zero attached hydrogens (tertiary/aromatic N) is 2. The van der Waals surface area contributed by atoms with Gasteiger partial charge in [-0.2, -0.15) is 0 Å². The molecule has 0 aliphatic rings. The maximum absolute atomic E-state index is 11.5. The molecule has 0 unspecified atom stereocenters. The van der Waals surface area contributed by atoms with E-state index in [4.69, 9.17) is 14.2 Å². The van der Waals surface area contributed by atoms with Crippen LogP contribution in [0.25, 0.3) is 0 Å². The van der Waals surface area contributed by atoms with Crippen molar-refractivity contribution in [2.24, 2.45) is 7.05 Å². The van der Waals surface area contributed by atoms with Crippen molar-refractivity contribution in [2.75, 3.05) is 33.0 Å². The molecule has 140 valence electrons. The van der Waals surface area contributed by atoms with E-state index in [-0.39, 0.29) is 19.1 Å². The molecule has 1 heterocycles. The predicted molar refractivity (Wildman–Crippen MR) is 78.7 cm³/mol. The fourth-order valence-corrected chi connectivity index (χ4v) is 1.47. The second-order valence-electron chi connectivity index (χ2n) is 4.69. The number of aryl methyl sites for hydroxylation is 1. The Labute approximate surface area is 138 Å². The quantitative estimate of drug-likeness (QED) is 0.210.